The van der Waals surface area contributed by atoms with Gasteiger partial charge in [0.15, 0.2) is 0 Å². The summed E-state index contributed by atoms with van der Waals surface area (Å²) in [6, 6.07) is 6.12. The number of nitriles is 1. The van der Waals surface area contributed by atoms with Crippen molar-refractivity contribution in [3.05, 3.63) is 29.6 Å². The molecule has 0 radical (unpaired) electrons. The van der Waals surface area contributed by atoms with Gasteiger partial charge < -0.3 is 4.74 Å². The molecule has 0 aromatic heterocycles. The lowest BCUT2D eigenvalue weighted by Crippen LogP contribution is -2.28. The molecule has 3 atom stereocenters. The van der Waals surface area contributed by atoms with Crippen molar-refractivity contribution >= 4 is 0 Å². The van der Waals surface area contributed by atoms with E-state index in [0.717, 1.165) is 25.2 Å². The molecule has 1 fully saturated rings. The maximum absolute atomic E-state index is 13.3. The van der Waals surface area contributed by atoms with Crippen molar-refractivity contribution in [2.45, 2.75) is 39.2 Å². The van der Waals surface area contributed by atoms with Gasteiger partial charge >= 0.3 is 0 Å². The molecular formula is C15H18FNO. The van der Waals surface area contributed by atoms with Gasteiger partial charge in [-0.2, -0.15) is 5.26 Å². The third-order valence-corrected chi connectivity index (χ3v) is 3.85. The van der Waals surface area contributed by atoms with Crippen LogP contribution in [0.1, 0.15) is 38.7 Å². The fourth-order valence-corrected chi connectivity index (χ4v) is 2.49. The van der Waals surface area contributed by atoms with Crippen LogP contribution in [-0.4, -0.2) is 6.10 Å². The van der Waals surface area contributed by atoms with Crippen LogP contribution in [-0.2, 0) is 0 Å². The Morgan fingerprint density at radius 1 is 1.22 bits per heavy atom. The minimum atomic E-state index is -0.415. The van der Waals surface area contributed by atoms with Gasteiger partial charge in [-0.15, -0.1) is 0 Å². The molecule has 1 saturated carbocycles. The van der Waals surface area contributed by atoms with Gasteiger partial charge in [0.1, 0.15) is 11.6 Å². The van der Waals surface area contributed by atoms with Gasteiger partial charge in [-0.3, -0.25) is 0 Å². The molecule has 3 heteroatoms. The molecule has 0 N–H and O–H groups in total. The first-order valence-electron chi connectivity index (χ1n) is 6.46. The molecule has 3 unspecified atom stereocenters. The quantitative estimate of drug-likeness (QED) is 0.794. The zero-order chi connectivity index (χ0) is 13.1. The highest BCUT2D eigenvalue weighted by molar-refractivity contribution is 5.37. The first-order valence-corrected chi connectivity index (χ1v) is 6.46. The fourth-order valence-electron chi connectivity index (χ4n) is 2.49. The van der Waals surface area contributed by atoms with Crippen LogP contribution in [0.4, 0.5) is 4.39 Å². The van der Waals surface area contributed by atoms with E-state index in [4.69, 9.17) is 10.00 Å². The molecule has 18 heavy (non-hydrogen) atoms. The number of benzene rings is 1. The topological polar surface area (TPSA) is 33.0 Å². The first-order chi connectivity index (χ1) is 8.58. The van der Waals surface area contributed by atoms with Crippen LogP contribution in [0.3, 0.4) is 0 Å². The molecule has 0 bridgehead atoms. The normalized spacial score (nSPS) is 27.6. The number of halogens is 1. The SMILES string of the molecule is CC1CCC(Oc2cc(F)cc(C#N)c2)CC1C. The number of hydrogen-bond acceptors (Lipinski definition) is 2. The van der Waals surface area contributed by atoms with Crippen molar-refractivity contribution in [3.8, 4) is 11.8 Å². The zero-order valence-electron chi connectivity index (χ0n) is 10.8. The first kappa shape index (κ1) is 12.9. The molecule has 2 nitrogen and oxygen atoms in total. The molecule has 1 aromatic carbocycles. The number of ether oxygens (including phenoxy) is 1. The highest BCUT2D eigenvalue weighted by Gasteiger charge is 2.25. The number of rotatable bonds is 2. The maximum atomic E-state index is 13.3. The summed E-state index contributed by atoms with van der Waals surface area (Å²) in [5.41, 5.74) is 0.308. The van der Waals surface area contributed by atoms with E-state index in [1.165, 1.54) is 12.1 Å². The molecule has 0 aliphatic heterocycles. The molecule has 0 amide bonds. The van der Waals surface area contributed by atoms with Gasteiger partial charge in [-0.25, -0.2) is 4.39 Å². The number of nitrogens with zero attached hydrogens (tertiary/aromatic N) is 1. The Hall–Kier alpha value is -1.56. The molecule has 1 aromatic rings. The van der Waals surface area contributed by atoms with Crippen LogP contribution in [0.5, 0.6) is 5.75 Å². The van der Waals surface area contributed by atoms with Gasteiger partial charge in [0.2, 0.25) is 0 Å². The Kier molecular flexibility index (Phi) is 3.86. The third-order valence-electron chi connectivity index (χ3n) is 3.85. The van der Waals surface area contributed by atoms with Gasteiger partial charge in [0, 0.05) is 6.07 Å². The summed E-state index contributed by atoms with van der Waals surface area (Å²) in [6.45, 7) is 4.49. The van der Waals surface area contributed by atoms with Gasteiger partial charge in [-0.1, -0.05) is 13.8 Å². The predicted molar refractivity (Wildman–Crippen MR) is 67.7 cm³/mol. The van der Waals surface area contributed by atoms with E-state index in [-0.39, 0.29) is 6.10 Å². The summed E-state index contributed by atoms with van der Waals surface area (Å²) in [5.74, 6) is 1.42. The molecule has 1 aliphatic carbocycles. The Morgan fingerprint density at radius 3 is 2.67 bits per heavy atom. The zero-order valence-corrected chi connectivity index (χ0v) is 10.8. The summed E-state index contributed by atoms with van der Waals surface area (Å²) >= 11 is 0. The van der Waals surface area contributed by atoms with E-state index < -0.39 is 5.82 Å². The van der Waals surface area contributed by atoms with Crippen molar-refractivity contribution in [3.63, 3.8) is 0 Å². The Bertz CT molecular complexity index is 466. The van der Waals surface area contributed by atoms with Crippen molar-refractivity contribution < 1.29 is 9.13 Å². The minimum Gasteiger partial charge on any atom is -0.490 e. The summed E-state index contributed by atoms with van der Waals surface area (Å²) in [5, 5.41) is 8.80. The van der Waals surface area contributed by atoms with Crippen LogP contribution >= 0.6 is 0 Å². The van der Waals surface area contributed by atoms with Crippen molar-refractivity contribution in [1.29, 1.82) is 5.26 Å². The molecule has 1 aliphatic rings. The van der Waals surface area contributed by atoms with E-state index in [0.29, 0.717) is 17.2 Å². The minimum absolute atomic E-state index is 0.143. The highest BCUT2D eigenvalue weighted by Crippen LogP contribution is 2.32. The van der Waals surface area contributed by atoms with E-state index in [2.05, 4.69) is 13.8 Å². The molecule has 96 valence electrons. The lowest BCUT2D eigenvalue weighted by atomic mass is 9.80. The van der Waals surface area contributed by atoms with Gasteiger partial charge in [-0.05, 0) is 43.2 Å². The third kappa shape index (κ3) is 3.01. The van der Waals surface area contributed by atoms with Crippen LogP contribution in [0.15, 0.2) is 18.2 Å². The average Bonchev–Trinajstić information content (AvgIpc) is 2.33. The highest BCUT2D eigenvalue weighted by atomic mass is 19.1. The molecule has 0 heterocycles. The van der Waals surface area contributed by atoms with Crippen LogP contribution in [0.2, 0.25) is 0 Å². The van der Waals surface area contributed by atoms with E-state index in [9.17, 15) is 4.39 Å². The lowest BCUT2D eigenvalue weighted by Gasteiger charge is -2.32. The second-order valence-corrected chi connectivity index (χ2v) is 5.29. The monoisotopic (exact) mass is 247 g/mol. The molecule has 0 saturated heterocycles. The van der Waals surface area contributed by atoms with Crippen LogP contribution in [0, 0.1) is 29.0 Å². The van der Waals surface area contributed by atoms with Gasteiger partial charge in [0.25, 0.3) is 0 Å². The number of hydrogen-bond donors (Lipinski definition) is 0. The smallest absolute Gasteiger partial charge is 0.128 e. The molecular weight excluding hydrogens is 229 g/mol. The van der Waals surface area contributed by atoms with Crippen molar-refractivity contribution in [1.82, 2.24) is 0 Å². The summed E-state index contributed by atoms with van der Waals surface area (Å²) in [4.78, 5) is 0. The lowest BCUT2D eigenvalue weighted by molar-refractivity contribution is 0.100. The molecule has 2 rings (SSSR count). The second-order valence-electron chi connectivity index (χ2n) is 5.29. The average molecular weight is 247 g/mol. The van der Waals surface area contributed by atoms with E-state index in [1.807, 2.05) is 6.07 Å². The Balaban J connectivity index is 2.06. The summed E-state index contributed by atoms with van der Waals surface area (Å²) in [6.07, 6.45) is 3.29. The summed E-state index contributed by atoms with van der Waals surface area (Å²) < 4.78 is 19.1. The predicted octanol–water partition coefficient (Wildman–Crippen LogP) is 3.90. The van der Waals surface area contributed by atoms with E-state index in [1.54, 1.807) is 6.07 Å². The fraction of sp³-hybridized carbons (Fsp3) is 0.533. The Morgan fingerprint density at radius 2 is 2.00 bits per heavy atom. The Labute approximate surface area is 107 Å². The van der Waals surface area contributed by atoms with Crippen molar-refractivity contribution in [2.75, 3.05) is 0 Å². The van der Waals surface area contributed by atoms with Crippen LogP contribution in [0.25, 0.3) is 0 Å². The second kappa shape index (κ2) is 5.39. The van der Waals surface area contributed by atoms with E-state index >= 15 is 0 Å². The van der Waals surface area contributed by atoms with Crippen LogP contribution < -0.4 is 4.74 Å². The standard InChI is InChI=1S/C15H18FNO/c1-10-3-4-14(5-11(10)2)18-15-7-12(9-17)6-13(16)8-15/h6-8,10-11,14H,3-5H2,1-2H3. The van der Waals surface area contributed by atoms with Gasteiger partial charge in [0.05, 0.1) is 17.7 Å². The van der Waals surface area contributed by atoms with Crippen molar-refractivity contribution in [2.24, 2.45) is 11.8 Å². The largest absolute Gasteiger partial charge is 0.490 e. The molecule has 0 spiro atoms. The maximum Gasteiger partial charge on any atom is 0.128 e. The summed E-state index contributed by atoms with van der Waals surface area (Å²) in [7, 11) is 0.